The van der Waals surface area contributed by atoms with Crippen molar-refractivity contribution in [3.63, 3.8) is 0 Å². The predicted molar refractivity (Wildman–Crippen MR) is 115 cm³/mol. The first-order valence-electron chi connectivity index (χ1n) is 10.4. The molecule has 1 N–H and O–H groups in total. The van der Waals surface area contributed by atoms with Crippen LogP contribution in [0.15, 0.2) is 24.3 Å². The number of nitrogens with zero attached hydrogens (tertiary/aromatic N) is 4. The number of rotatable bonds is 5. The van der Waals surface area contributed by atoms with E-state index in [2.05, 4.69) is 26.2 Å². The van der Waals surface area contributed by atoms with Crippen molar-refractivity contribution in [2.45, 2.75) is 25.7 Å². The zero-order chi connectivity index (χ0) is 20.2. The first-order chi connectivity index (χ1) is 14.1. The van der Waals surface area contributed by atoms with Crippen molar-refractivity contribution in [1.82, 2.24) is 14.8 Å². The Morgan fingerprint density at radius 1 is 1.21 bits per heavy atom. The number of nitrogens with one attached hydrogen (secondary N) is 1. The number of piperazine rings is 1. The quantitative estimate of drug-likeness (QED) is 0.815. The van der Waals surface area contributed by atoms with Crippen LogP contribution in [0, 0.1) is 17.2 Å². The molecule has 2 aromatic rings. The van der Waals surface area contributed by atoms with E-state index >= 15 is 0 Å². The number of anilines is 1. The molecule has 1 saturated heterocycles. The molecule has 0 atom stereocenters. The highest BCUT2D eigenvalue weighted by atomic mass is 35.5. The number of nitriles is 1. The van der Waals surface area contributed by atoms with Gasteiger partial charge in [0.05, 0.1) is 17.1 Å². The van der Waals surface area contributed by atoms with Crippen molar-refractivity contribution in [2.75, 3.05) is 44.6 Å². The summed E-state index contributed by atoms with van der Waals surface area (Å²) in [6.45, 7) is 5.09. The van der Waals surface area contributed by atoms with E-state index in [1.807, 2.05) is 6.07 Å². The number of carbonyl (C=O) groups excluding carboxylic acids is 1. The molecule has 0 unspecified atom stereocenters. The summed E-state index contributed by atoms with van der Waals surface area (Å²) in [6, 6.07) is 9.40. The first-order valence-corrected chi connectivity index (χ1v) is 10.8. The van der Waals surface area contributed by atoms with Crippen molar-refractivity contribution >= 4 is 34.2 Å². The van der Waals surface area contributed by atoms with Gasteiger partial charge in [0.15, 0.2) is 0 Å². The number of hydrogen-bond donors (Lipinski definition) is 1. The Bertz CT molecular complexity index is 927. The van der Waals surface area contributed by atoms with Gasteiger partial charge in [0.25, 0.3) is 0 Å². The number of pyridine rings is 1. The van der Waals surface area contributed by atoms with E-state index in [0.29, 0.717) is 22.3 Å². The van der Waals surface area contributed by atoms with Crippen molar-refractivity contribution in [1.29, 1.82) is 5.26 Å². The van der Waals surface area contributed by atoms with Crippen molar-refractivity contribution in [3.05, 3.63) is 34.9 Å². The van der Waals surface area contributed by atoms with Gasteiger partial charge in [0, 0.05) is 55.6 Å². The lowest BCUT2D eigenvalue weighted by molar-refractivity contribution is -0.137. The molecule has 6 nitrogen and oxygen atoms in total. The first kappa shape index (κ1) is 19.9. The highest BCUT2D eigenvalue weighted by Gasteiger charge is 2.29. The second-order valence-electron chi connectivity index (χ2n) is 7.90. The van der Waals surface area contributed by atoms with Crippen molar-refractivity contribution in [2.24, 2.45) is 5.92 Å². The van der Waals surface area contributed by atoms with E-state index in [9.17, 15) is 10.1 Å². The van der Waals surface area contributed by atoms with Crippen LogP contribution in [0.4, 0.5) is 5.82 Å². The molecule has 7 heteroatoms. The van der Waals surface area contributed by atoms with E-state index in [1.54, 1.807) is 18.2 Å². The lowest BCUT2D eigenvalue weighted by atomic mass is 10.1. The molecule has 1 saturated carbocycles. The molecule has 1 amide bonds. The summed E-state index contributed by atoms with van der Waals surface area (Å²) in [7, 11) is 0. The van der Waals surface area contributed by atoms with Gasteiger partial charge in [-0.1, -0.05) is 24.4 Å². The van der Waals surface area contributed by atoms with Crippen LogP contribution in [-0.2, 0) is 4.79 Å². The summed E-state index contributed by atoms with van der Waals surface area (Å²) in [4.78, 5) is 21.6. The van der Waals surface area contributed by atoms with Crippen LogP contribution in [0.25, 0.3) is 10.9 Å². The highest BCUT2D eigenvalue weighted by molar-refractivity contribution is 6.31. The third-order valence-corrected chi connectivity index (χ3v) is 6.25. The number of carbonyl (C=O) groups is 1. The average Bonchev–Trinajstić information content (AvgIpc) is 3.28. The minimum atomic E-state index is 0.270. The van der Waals surface area contributed by atoms with Gasteiger partial charge in [-0.2, -0.15) is 5.26 Å². The van der Waals surface area contributed by atoms with Gasteiger partial charge in [0.1, 0.15) is 5.82 Å². The molecule has 1 aliphatic heterocycles. The third kappa shape index (κ3) is 4.63. The lowest BCUT2D eigenvalue weighted by Gasteiger charge is -2.36. The fourth-order valence-electron chi connectivity index (χ4n) is 4.35. The SMILES string of the molecule is N#Cc1cc(NCCN2CCN(C(=O)C3CCCC3)CC2)nc2ccc(Cl)cc12. The third-order valence-electron chi connectivity index (χ3n) is 6.01. The zero-order valence-corrected chi connectivity index (χ0v) is 17.3. The van der Waals surface area contributed by atoms with E-state index in [-0.39, 0.29) is 5.92 Å². The standard InChI is InChI=1S/C22H26ClN5O/c23-18-5-6-20-19(14-18)17(15-24)13-21(26-20)25-7-8-27-9-11-28(12-10-27)22(29)16-3-1-2-4-16/h5-6,13-14,16H,1-4,7-12H2,(H,25,26). The van der Waals surface area contributed by atoms with E-state index in [1.165, 1.54) is 12.8 Å². The summed E-state index contributed by atoms with van der Waals surface area (Å²) in [5.41, 5.74) is 1.33. The molecule has 2 aliphatic rings. The molecule has 1 aliphatic carbocycles. The topological polar surface area (TPSA) is 72.3 Å². The second-order valence-corrected chi connectivity index (χ2v) is 8.34. The Balaban J connectivity index is 1.28. The Hall–Kier alpha value is -2.36. The van der Waals surface area contributed by atoms with Crippen LogP contribution in [0.5, 0.6) is 0 Å². The van der Waals surface area contributed by atoms with Crippen LogP contribution in [0.1, 0.15) is 31.2 Å². The van der Waals surface area contributed by atoms with Crippen LogP contribution in [0.3, 0.4) is 0 Å². The smallest absolute Gasteiger partial charge is 0.225 e. The second kappa shape index (κ2) is 8.98. The van der Waals surface area contributed by atoms with Gasteiger partial charge in [-0.15, -0.1) is 0 Å². The van der Waals surface area contributed by atoms with Gasteiger partial charge < -0.3 is 10.2 Å². The van der Waals surface area contributed by atoms with E-state index in [4.69, 9.17) is 11.6 Å². The number of halogens is 1. The molecule has 152 valence electrons. The average molecular weight is 412 g/mol. The van der Waals surface area contributed by atoms with Crippen LogP contribution >= 0.6 is 11.6 Å². The molecule has 2 fully saturated rings. The van der Waals surface area contributed by atoms with Crippen LogP contribution in [-0.4, -0.2) is 60.0 Å². The molecule has 2 heterocycles. The zero-order valence-electron chi connectivity index (χ0n) is 16.5. The summed E-state index contributed by atoms with van der Waals surface area (Å²) in [6.07, 6.45) is 4.54. The normalized spacial score (nSPS) is 18.1. The van der Waals surface area contributed by atoms with Crippen LogP contribution < -0.4 is 5.32 Å². The summed E-state index contributed by atoms with van der Waals surface area (Å²) < 4.78 is 0. The van der Waals surface area contributed by atoms with E-state index in [0.717, 1.165) is 63.0 Å². The fraction of sp³-hybridized carbons (Fsp3) is 0.500. The number of aromatic nitrogens is 1. The fourth-order valence-corrected chi connectivity index (χ4v) is 4.52. The number of amides is 1. The monoisotopic (exact) mass is 411 g/mol. The Morgan fingerprint density at radius 2 is 1.97 bits per heavy atom. The Kier molecular flexibility index (Phi) is 6.17. The minimum absolute atomic E-state index is 0.270. The number of hydrogen-bond acceptors (Lipinski definition) is 5. The number of fused-ring (bicyclic) bond motifs is 1. The molecule has 4 rings (SSSR count). The molecular formula is C22H26ClN5O. The summed E-state index contributed by atoms with van der Waals surface area (Å²) in [5.74, 6) is 1.34. The Morgan fingerprint density at radius 3 is 2.69 bits per heavy atom. The van der Waals surface area contributed by atoms with Gasteiger partial charge in [0.2, 0.25) is 5.91 Å². The maximum absolute atomic E-state index is 12.5. The highest BCUT2D eigenvalue weighted by Crippen LogP contribution is 2.27. The minimum Gasteiger partial charge on any atom is -0.369 e. The van der Waals surface area contributed by atoms with Gasteiger partial charge in [-0.25, -0.2) is 4.98 Å². The molecule has 0 bridgehead atoms. The molecular weight excluding hydrogens is 386 g/mol. The lowest BCUT2D eigenvalue weighted by Crippen LogP contribution is -2.50. The summed E-state index contributed by atoms with van der Waals surface area (Å²) in [5, 5.41) is 14.1. The number of benzene rings is 1. The largest absolute Gasteiger partial charge is 0.369 e. The van der Waals surface area contributed by atoms with E-state index < -0.39 is 0 Å². The van der Waals surface area contributed by atoms with Crippen LogP contribution in [0.2, 0.25) is 5.02 Å². The predicted octanol–water partition coefficient (Wildman–Crippen LogP) is 3.51. The van der Waals surface area contributed by atoms with Crippen molar-refractivity contribution < 1.29 is 4.79 Å². The molecule has 29 heavy (non-hydrogen) atoms. The van der Waals surface area contributed by atoms with Gasteiger partial charge in [-0.05, 0) is 37.1 Å². The maximum atomic E-state index is 12.5. The Labute approximate surface area is 176 Å². The van der Waals surface area contributed by atoms with Gasteiger partial charge in [-0.3, -0.25) is 9.69 Å². The van der Waals surface area contributed by atoms with Gasteiger partial charge >= 0.3 is 0 Å². The maximum Gasteiger partial charge on any atom is 0.225 e. The molecule has 0 radical (unpaired) electrons. The van der Waals surface area contributed by atoms with Crippen molar-refractivity contribution in [3.8, 4) is 6.07 Å². The molecule has 1 aromatic heterocycles. The molecule has 1 aromatic carbocycles. The summed E-state index contributed by atoms with van der Waals surface area (Å²) >= 11 is 6.04. The molecule has 0 spiro atoms.